The fourth-order valence-corrected chi connectivity index (χ4v) is 2.76. The number of nitrogens with one attached hydrogen (secondary N) is 1. The third-order valence-corrected chi connectivity index (χ3v) is 3.98. The van der Waals surface area contributed by atoms with Crippen molar-refractivity contribution in [3.05, 3.63) is 58.4 Å². The van der Waals surface area contributed by atoms with E-state index in [4.69, 9.17) is 0 Å². The molecule has 0 aliphatic carbocycles. The molecule has 2 aromatic rings. The van der Waals surface area contributed by atoms with Crippen LogP contribution in [-0.4, -0.2) is 18.4 Å². The lowest BCUT2D eigenvalue weighted by Gasteiger charge is -2.09. The Labute approximate surface area is 118 Å². The summed E-state index contributed by atoms with van der Waals surface area (Å²) in [6.07, 6.45) is 0. The number of nitrogens with zero attached hydrogens (tertiary/aromatic N) is 1. The van der Waals surface area contributed by atoms with Gasteiger partial charge in [0.15, 0.2) is 0 Å². The van der Waals surface area contributed by atoms with Gasteiger partial charge in [-0.25, -0.2) is 8.42 Å². The molecule has 9 heteroatoms. The Kier molecular flexibility index (Phi) is 3.76. The zero-order valence-electron chi connectivity index (χ0n) is 10.4. The van der Waals surface area contributed by atoms with Crippen molar-refractivity contribution in [2.45, 2.75) is 4.90 Å². The second-order valence-corrected chi connectivity index (χ2v) is 5.65. The van der Waals surface area contributed by atoms with E-state index in [9.17, 15) is 28.0 Å². The van der Waals surface area contributed by atoms with Crippen LogP contribution in [0.25, 0.3) is 0 Å². The van der Waals surface area contributed by atoms with Gasteiger partial charge in [0.2, 0.25) is 5.82 Å². The van der Waals surface area contributed by atoms with Gasteiger partial charge in [0.05, 0.1) is 10.6 Å². The summed E-state index contributed by atoms with van der Waals surface area (Å²) in [5, 5.41) is 20.0. The van der Waals surface area contributed by atoms with Gasteiger partial charge in [-0.05, 0) is 18.2 Å². The maximum Gasteiger partial charge on any atom is 0.304 e. The van der Waals surface area contributed by atoms with Crippen molar-refractivity contribution in [1.82, 2.24) is 0 Å². The zero-order chi connectivity index (χ0) is 15.6. The lowest BCUT2D eigenvalue weighted by molar-refractivity contribution is -0.387. The van der Waals surface area contributed by atoms with Gasteiger partial charge in [-0.3, -0.25) is 14.8 Å². The Balaban J connectivity index is 2.36. The summed E-state index contributed by atoms with van der Waals surface area (Å²) in [7, 11) is -4.13. The molecule has 0 aliphatic rings. The number of benzene rings is 2. The number of nitro groups is 1. The fraction of sp³-hybridized carbons (Fsp3) is 0. The van der Waals surface area contributed by atoms with Gasteiger partial charge in [0.1, 0.15) is 10.6 Å². The number of nitro benzene ring substituents is 1. The maximum atomic E-state index is 13.4. The van der Waals surface area contributed by atoms with E-state index in [2.05, 4.69) is 0 Å². The summed E-state index contributed by atoms with van der Waals surface area (Å²) in [5.74, 6) is -1.63. The molecular weight excluding hydrogens is 303 g/mol. The van der Waals surface area contributed by atoms with Crippen molar-refractivity contribution in [3.8, 4) is 5.75 Å². The van der Waals surface area contributed by atoms with Crippen LogP contribution in [0.4, 0.5) is 15.8 Å². The highest BCUT2D eigenvalue weighted by atomic mass is 32.2. The molecule has 2 N–H and O–H groups in total. The maximum absolute atomic E-state index is 13.4. The minimum atomic E-state index is -4.13. The zero-order valence-corrected chi connectivity index (χ0v) is 11.2. The van der Waals surface area contributed by atoms with E-state index < -0.39 is 32.2 Å². The topological polar surface area (TPSA) is 110 Å². The van der Waals surface area contributed by atoms with Crippen LogP contribution in [-0.2, 0) is 10.0 Å². The SMILES string of the molecule is O=[N+]([O-])c1ccc(NS(=O)(=O)c2ccccc2O)cc1F. The molecule has 0 saturated heterocycles. The molecular formula is C12H9FN2O5S. The number of rotatable bonds is 4. The molecule has 7 nitrogen and oxygen atoms in total. The van der Waals surface area contributed by atoms with E-state index in [0.29, 0.717) is 6.07 Å². The van der Waals surface area contributed by atoms with Crippen molar-refractivity contribution in [3.63, 3.8) is 0 Å². The molecule has 0 saturated carbocycles. The number of hydrogen-bond donors (Lipinski definition) is 2. The van der Waals surface area contributed by atoms with Crippen LogP contribution in [0.3, 0.4) is 0 Å². The molecule has 110 valence electrons. The number of phenols is 1. The van der Waals surface area contributed by atoms with Gasteiger partial charge in [0.25, 0.3) is 10.0 Å². The van der Waals surface area contributed by atoms with Crippen molar-refractivity contribution in [2.24, 2.45) is 0 Å². The number of halogens is 1. The third-order valence-electron chi connectivity index (χ3n) is 2.55. The first-order chi connectivity index (χ1) is 9.81. The Morgan fingerprint density at radius 1 is 1.19 bits per heavy atom. The minimum absolute atomic E-state index is 0.193. The number of hydrogen-bond acceptors (Lipinski definition) is 5. The molecule has 0 unspecified atom stereocenters. The Morgan fingerprint density at radius 2 is 1.86 bits per heavy atom. The van der Waals surface area contributed by atoms with E-state index >= 15 is 0 Å². The van der Waals surface area contributed by atoms with Crippen LogP contribution in [0.5, 0.6) is 5.75 Å². The highest BCUT2D eigenvalue weighted by molar-refractivity contribution is 7.92. The normalized spacial score (nSPS) is 11.1. The van der Waals surface area contributed by atoms with E-state index in [0.717, 1.165) is 12.1 Å². The van der Waals surface area contributed by atoms with Crippen molar-refractivity contribution in [2.75, 3.05) is 4.72 Å². The molecule has 0 aliphatic heterocycles. The first-order valence-corrected chi connectivity index (χ1v) is 7.04. The van der Waals surface area contributed by atoms with Crippen LogP contribution >= 0.6 is 0 Å². The highest BCUT2D eigenvalue weighted by Crippen LogP contribution is 2.26. The molecule has 0 heterocycles. The predicted octanol–water partition coefficient (Wildman–Crippen LogP) is 2.24. The lowest BCUT2D eigenvalue weighted by Crippen LogP contribution is -2.13. The monoisotopic (exact) mass is 312 g/mol. The van der Waals surface area contributed by atoms with E-state index in [1.165, 1.54) is 24.3 Å². The summed E-state index contributed by atoms with van der Waals surface area (Å²) in [6, 6.07) is 7.79. The molecule has 0 atom stereocenters. The molecule has 0 amide bonds. The van der Waals surface area contributed by atoms with Crippen LogP contribution in [0.2, 0.25) is 0 Å². The number of phenolic OH excluding ortho intramolecular Hbond substituents is 1. The quantitative estimate of drug-likeness (QED) is 0.664. The Bertz CT molecular complexity index is 807. The van der Waals surface area contributed by atoms with E-state index in [1.54, 1.807) is 0 Å². The van der Waals surface area contributed by atoms with Crippen LogP contribution in [0, 0.1) is 15.9 Å². The van der Waals surface area contributed by atoms with E-state index in [-0.39, 0.29) is 10.6 Å². The van der Waals surface area contributed by atoms with E-state index in [1.807, 2.05) is 4.72 Å². The first-order valence-electron chi connectivity index (χ1n) is 5.56. The van der Waals surface area contributed by atoms with Crippen LogP contribution < -0.4 is 4.72 Å². The second kappa shape index (κ2) is 5.37. The van der Waals surface area contributed by atoms with Crippen molar-refractivity contribution < 1.29 is 22.8 Å². The standard InChI is InChI=1S/C12H9FN2O5S/c13-9-7-8(5-6-10(9)15(17)18)14-21(19,20)12-4-2-1-3-11(12)16/h1-7,14,16H. The average Bonchev–Trinajstić information content (AvgIpc) is 2.38. The molecule has 2 aromatic carbocycles. The summed E-state index contributed by atoms with van der Waals surface area (Å²) >= 11 is 0. The summed E-state index contributed by atoms with van der Waals surface area (Å²) < 4.78 is 39.5. The molecule has 0 aromatic heterocycles. The summed E-state index contributed by atoms with van der Waals surface area (Å²) in [4.78, 5) is 9.17. The van der Waals surface area contributed by atoms with Gasteiger partial charge in [-0.1, -0.05) is 12.1 Å². The van der Waals surface area contributed by atoms with Crippen LogP contribution in [0.15, 0.2) is 47.4 Å². The molecule has 21 heavy (non-hydrogen) atoms. The summed E-state index contributed by atoms with van der Waals surface area (Å²) in [6.45, 7) is 0. The van der Waals surface area contributed by atoms with Crippen LogP contribution in [0.1, 0.15) is 0 Å². The molecule has 0 fully saturated rings. The minimum Gasteiger partial charge on any atom is -0.507 e. The molecule has 0 radical (unpaired) electrons. The highest BCUT2D eigenvalue weighted by Gasteiger charge is 2.20. The van der Waals surface area contributed by atoms with Gasteiger partial charge in [-0.15, -0.1) is 0 Å². The summed E-state index contributed by atoms with van der Waals surface area (Å²) in [5.41, 5.74) is -0.957. The number of anilines is 1. The van der Waals surface area contributed by atoms with Crippen molar-refractivity contribution >= 4 is 21.4 Å². The molecule has 0 bridgehead atoms. The third kappa shape index (κ3) is 3.08. The molecule has 2 rings (SSSR count). The first kappa shape index (κ1) is 14.7. The molecule has 0 spiro atoms. The van der Waals surface area contributed by atoms with Gasteiger partial charge in [0, 0.05) is 12.1 Å². The smallest absolute Gasteiger partial charge is 0.304 e. The lowest BCUT2D eigenvalue weighted by atomic mass is 10.3. The largest absolute Gasteiger partial charge is 0.507 e. The Hall–Kier alpha value is -2.68. The fourth-order valence-electron chi connectivity index (χ4n) is 1.61. The van der Waals surface area contributed by atoms with Gasteiger partial charge >= 0.3 is 5.69 Å². The average molecular weight is 312 g/mol. The number of para-hydroxylation sites is 1. The number of aromatic hydroxyl groups is 1. The van der Waals surface area contributed by atoms with Crippen molar-refractivity contribution in [1.29, 1.82) is 0 Å². The Morgan fingerprint density at radius 3 is 2.43 bits per heavy atom. The second-order valence-electron chi connectivity index (χ2n) is 4.00. The van der Waals surface area contributed by atoms with Gasteiger partial charge in [-0.2, -0.15) is 4.39 Å². The van der Waals surface area contributed by atoms with Gasteiger partial charge < -0.3 is 5.11 Å². The predicted molar refractivity (Wildman–Crippen MR) is 72.0 cm³/mol. The number of sulfonamides is 1.